The van der Waals surface area contributed by atoms with Gasteiger partial charge >= 0.3 is 0 Å². The normalized spacial score (nSPS) is 12.9. The maximum atomic E-state index is 6.83. The fourth-order valence-corrected chi connectivity index (χ4v) is 4.24. The van der Waals surface area contributed by atoms with Gasteiger partial charge in [0.25, 0.3) is 0 Å². The van der Waals surface area contributed by atoms with Crippen LogP contribution in [0, 0.1) is 20.8 Å². The Labute approximate surface area is 185 Å². The molecule has 3 N–H and O–H groups in total. The van der Waals surface area contributed by atoms with Crippen LogP contribution in [0.5, 0.6) is 0 Å². The van der Waals surface area contributed by atoms with Gasteiger partial charge in [-0.15, -0.1) is 0 Å². The Morgan fingerprint density at radius 1 is 0.613 bits per heavy atom. The largest absolute Gasteiger partial charge is 0.376 e. The van der Waals surface area contributed by atoms with Crippen LogP contribution in [0.4, 0.5) is 5.69 Å². The van der Waals surface area contributed by atoms with E-state index in [0.717, 1.165) is 11.3 Å². The summed E-state index contributed by atoms with van der Waals surface area (Å²) in [6.45, 7) is 6.43. The summed E-state index contributed by atoms with van der Waals surface area (Å²) in [5.74, 6) is 0. The van der Waals surface area contributed by atoms with Crippen molar-refractivity contribution in [1.82, 2.24) is 0 Å². The van der Waals surface area contributed by atoms with Crippen LogP contribution in [-0.4, -0.2) is 0 Å². The first-order valence-corrected chi connectivity index (χ1v) is 10.8. The molecule has 2 nitrogen and oxygen atoms in total. The maximum absolute atomic E-state index is 6.83. The van der Waals surface area contributed by atoms with Gasteiger partial charge in [0.05, 0.1) is 12.1 Å². The first-order chi connectivity index (χ1) is 15.0. The van der Waals surface area contributed by atoms with Gasteiger partial charge in [-0.05, 0) is 49.1 Å². The van der Waals surface area contributed by atoms with E-state index >= 15 is 0 Å². The molecule has 0 bridgehead atoms. The quantitative estimate of drug-likeness (QED) is 0.357. The second-order valence-electron chi connectivity index (χ2n) is 8.39. The molecule has 0 radical (unpaired) electrons. The summed E-state index contributed by atoms with van der Waals surface area (Å²) in [5, 5.41) is 3.82. The predicted octanol–water partition coefficient (Wildman–Crippen LogP) is 7.13. The summed E-state index contributed by atoms with van der Waals surface area (Å²) in [6, 6.07) is 33.9. The highest BCUT2D eigenvalue weighted by Gasteiger charge is 2.22. The lowest BCUT2D eigenvalue weighted by Crippen LogP contribution is -2.26. The van der Waals surface area contributed by atoms with Crippen molar-refractivity contribution in [2.75, 3.05) is 5.32 Å². The highest BCUT2D eigenvalue weighted by Crippen LogP contribution is 2.36. The van der Waals surface area contributed by atoms with Crippen molar-refractivity contribution in [2.45, 2.75) is 32.9 Å². The highest BCUT2D eigenvalue weighted by molar-refractivity contribution is 5.79. The molecule has 0 aliphatic rings. The fraction of sp³-hybridized carbons (Fsp3) is 0.172. The minimum Gasteiger partial charge on any atom is -0.376 e. The molecule has 156 valence electrons. The number of benzene rings is 4. The molecule has 0 amide bonds. The van der Waals surface area contributed by atoms with Crippen molar-refractivity contribution in [3.05, 3.63) is 125 Å². The maximum Gasteiger partial charge on any atom is 0.0706 e. The minimum absolute atomic E-state index is 0.0601. The topological polar surface area (TPSA) is 38.0 Å². The van der Waals surface area contributed by atoms with E-state index in [9.17, 15) is 0 Å². The smallest absolute Gasteiger partial charge is 0.0706 e. The molecule has 4 aromatic carbocycles. The monoisotopic (exact) mass is 406 g/mol. The average Bonchev–Trinajstić information content (AvgIpc) is 2.77. The highest BCUT2D eigenvalue weighted by atomic mass is 15.0. The van der Waals surface area contributed by atoms with Gasteiger partial charge in [-0.1, -0.05) is 102 Å². The molecular formula is C29H30N2. The summed E-state index contributed by atoms with van der Waals surface area (Å²) >= 11 is 0. The van der Waals surface area contributed by atoms with Gasteiger partial charge in [0.1, 0.15) is 0 Å². The molecule has 0 aromatic heterocycles. The van der Waals surface area contributed by atoms with Crippen molar-refractivity contribution in [1.29, 1.82) is 0 Å². The number of hydrogen-bond acceptors (Lipinski definition) is 2. The fourth-order valence-electron chi connectivity index (χ4n) is 4.24. The van der Waals surface area contributed by atoms with E-state index in [2.05, 4.69) is 98.9 Å². The molecule has 0 unspecified atom stereocenters. The minimum atomic E-state index is -0.184. The Kier molecular flexibility index (Phi) is 6.20. The first kappa shape index (κ1) is 20.9. The number of rotatable bonds is 6. The zero-order chi connectivity index (χ0) is 21.8. The molecule has 2 atom stereocenters. The van der Waals surface area contributed by atoms with Gasteiger partial charge in [0, 0.05) is 11.3 Å². The van der Waals surface area contributed by atoms with Crippen LogP contribution >= 0.6 is 0 Å². The molecule has 31 heavy (non-hydrogen) atoms. The standard InChI is InChI=1S/C29H30N2/c1-20-14-15-26(25-17-21(2)16-22(3)18-25)27(19-20)31-29(24-12-8-5-9-13-24)28(30)23-10-6-4-7-11-23/h4-19,28-29,31H,30H2,1-3H3/t28-,29-/m0/s1. The number of aryl methyl sites for hydroxylation is 3. The Morgan fingerprint density at radius 3 is 1.81 bits per heavy atom. The Morgan fingerprint density at radius 2 is 1.19 bits per heavy atom. The van der Waals surface area contributed by atoms with E-state index in [1.165, 1.54) is 33.4 Å². The molecular weight excluding hydrogens is 376 g/mol. The molecule has 0 heterocycles. The molecule has 0 saturated carbocycles. The van der Waals surface area contributed by atoms with Crippen LogP contribution in [0.2, 0.25) is 0 Å². The molecule has 0 saturated heterocycles. The van der Waals surface area contributed by atoms with Crippen molar-refractivity contribution < 1.29 is 0 Å². The number of anilines is 1. The number of hydrogen-bond donors (Lipinski definition) is 2. The molecule has 0 fully saturated rings. The lowest BCUT2D eigenvalue weighted by molar-refractivity contribution is 0.610. The lowest BCUT2D eigenvalue weighted by Gasteiger charge is -2.28. The van der Waals surface area contributed by atoms with Crippen LogP contribution in [-0.2, 0) is 0 Å². The second kappa shape index (κ2) is 9.20. The zero-order valence-corrected chi connectivity index (χ0v) is 18.5. The van der Waals surface area contributed by atoms with Crippen molar-refractivity contribution >= 4 is 5.69 Å². The van der Waals surface area contributed by atoms with Crippen LogP contribution in [0.25, 0.3) is 11.1 Å². The summed E-state index contributed by atoms with van der Waals surface area (Å²) in [6.07, 6.45) is 0. The van der Waals surface area contributed by atoms with E-state index in [4.69, 9.17) is 5.73 Å². The van der Waals surface area contributed by atoms with Gasteiger partial charge in [-0.3, -0.25) is 0 Å². The van der Waals surface area contributed by atoms with Crippen molar-refractivity contribution in [3.8, 4) is 11.1 Å². The van der Waals surface area contributed by atoms with Crippen LogP contribution in [0.1, 0.15) is 39.9 Å². The van der Waals surface area contributed by atoms with Crippen LogP contribution in [0.3, 0.4) is 0 Å². The van der Waals surface area contributed by atoms with Gasteiger partial charge in [0.2, 0.25) is 0 Å². The number of nitrogens with two attached hydrogens (primary N) is 1. The molecule has 4 rings (SSSR count). The van der Waals surface area contributed by atoms with Crippen LogP contribution in [0.15, 0.2) is 97.1 Å². The third kappa shape index (κ3) is 4.87. The van der Waals surface area contributed by atoms with Gasteiger partial charge in [0.15, 0.2) is 0 Å². The van der Waals surface area contributed by atoms with E-state index in [1.807, 2.05) is 24.3 Å². The first-order valence-electron chi connectivity index (χ1n) is 10.8. The Balaban J connectivity index is 1.79. The van der Waals surface area contributed by atoms with Gasteiger partial charge in [-0.25, -0.2) is 0 Å². The lowest BCUT2D eigenvalue weighted by atomic mass is 9.92. The Bertz CT molecular complexity index is 1130. The van der Waals surface area contributed by atoms with Gasteiger partial charge in [-0.2, -0.15) is 0 Å². The third-order valence-corrected chi connectivity index (χ3v) is 5.72. The van der Waals surface area contributed by atoms with Crippen molar-refractivity contribution in [2.24, 2.45) is 5.73 Å². The van der Waals surface area contributed by atoms with E-state index in [1.54, 1.807) is 0 Å². The van der Waals surface area contributed by atoms with Gasteiger partial charge < -0.3 is 11.1 Å². The summed E-state index contributed by atoms with van der Waals surface area (Å²) in [4.78, 5) is 0. The molecule has 0 aliphatic heterocycles. The molecule has 0 spiro atoms. The molecule has 2 heteroatoms. The summed E-state index contributed by atoms with van der Waals surface area (Å²) in [5.41, 5.74) is 16.4. The predicted molar refractivity (Wildman–Crippen MR) is 132 cm³/mol. The Hall–Kier alpha value is -3.36. The zero-order valence-electron chi connectivity index (χ0n) is 18.5. The second-order valence-corrected chi connectivity index (χ2v) is 8.39. The van der Waals surface area contributed by atoms with E-state index < -0.39 is 0 Å². The van der Waals surface area contributed by atoms with Crippen molar-refractivity contribution in [3.63, 3.8) is 0 Å². The number of nitrogens with one attached hydrogen (secondary N) is 1. The third-order valence-electron chi connectivity index (χ3n) is 5.72. The average molecular weight is 407 g/mol. The molecule has 0 aliphatic carbocycles. The van der Waals surface area contributed by atoms with E-state index in [0.29, 0.717) is 0 Å². The molecule has 4 aromatic rings. The van der Waals surface area contributed by atoms with Crippen LogP contribution < -0.4 is 11.1 Å². The van der Waals surface area contributed by atoms with E-state index in [-0.39, 0.29) is 12.1 Å². The SMILES string of the molecule is Cc1cc(C)cc(-c2ccc(C)cc2N[C@@H](c2ccccc2)[C@@H](N)c2ccccc2)c1. The summed E-state index contributed by atoms with van der Waals surface area (Å²) in [7, 11) is 0. The summed E-state index contributed by atoms with van der Waals surface area (Å²) < 4.78 is 0.